The van der Waals surface area contributed by atoms with Crippen LogP contribution in [0.2, 0.25) is 0 Å². The van der Waals surface area contributed by atoms with Crippen molar-refractivity contribution in [3.8, 4) is 0 Å². The average molecular weight is 422 g/mol. The van der Waals surface area contributed by atoms with Crippen molar-refractivity contribution in [2.75, 3.05) is 26.2 Å². The molecule has 2 atom stereocenters. The fourth-order valence-corrected chi connectivity index (χ4v) is 4.17. The van der Waals surface area contributed by atoms with Gasteiger partial charge in [-0.05, 0) is 43.7 Å². The minimum atomic E-state index is -0.475. The third kappa shape index (κ3) is 4.68. The largest absolute Gasteiger partial charge is 0.460 e. The molecule has 2 amide bonds. The monoisotopic (exact) mass is 422 g/mol. The van der Waals surface area contributed by atoms with Gasteiger partial charge in [0.05, 0.1) is 35.4 Å². The third-order valence-electron chi connectivity index (χ3n) is 5.52. The smallest absolute Gasteiger partial charge is 0.338 e. The number of nitrogens with zero attached hydrogens (tertiary/aromatic N) is 2. The number of morpholine rings is 1. The summed E-state index contributed by atoms with van der Waals surface area (Å²) in [5, 5.41) is 0. The van der Waals surface area contributed by atoms with Gasteiger partial charge in [-0.25, -0.2) is 4.79 Å². The van der Waals surface area contributed by atoms with Crippen LogP contribution < -0.4 is 0 Å². The highest BCUT2D eigenvalue weighted by Crippen LogP contribution is 2.22. The number of hydrogen-bond acceptors (Lipinski definition) is 6. The summed E-state index contributed by atoms with van der Waals surface area (Å²) in [5.41, 5.74) is 2.33. The molecule has 0 saturated carbocycles. The number of imide groups is 1. The van der Waals surface area contributed by atoms with Gasteiger partial charge in [0.2, 0.25) is 0 Å². The molecule has 1 saturated heterocycles. The first kappa shape index (κ1) is 21.2. The van der Waals surface area contributed by atoms with Crippen LogP contribution in [-0.4, -0.2) is 66.0 Å². The van der Waals surface area contributed by atoms with Crippen molar-refractivity contribution in [3.63, 3.8) is 0 Å². The van der Waals surface area contributed by atoms with E-state index in [-0.39, 0.29) is 37.2 Å². The van der Waals surface area contributed by atoms with E-state index in [1.54, 1.807) is 36.4 Å². The molecule has 2 aromatic carbocycles. The van der Waals surface area contributed by atoms with Crippen molar-refractivity contribution in [2.45, 2.75) is 32.6 Å². The Morgan fingerprint density at radius 2 is 1.55 bits per heavy atom. The second-order valence-corrected chi connectivity index (χ2v) is 8.09. The van der Waals surface area contributed by atoms with E-state index in [1.807, 2.05) is 12.1 Å². The van der Waals surface area contributed by atoms with Crippen LogP contribution in [0.5, 0.6) is 0 Å². The Labute approximate surface area is 181 Å². The third-order valence-corrected chi connectivity index (χ3v) is 5.52. The van der Waals surface area contributed by atoms with Crippen LogP contribution >= 0.6 is 0 Å². The lowest BCUT2D eigenvalue weighted by Crippen LogP contribution is -2.44. The van der Waals surface area contributed by atoms with Crippen molar-refractivity contribution in [1.82, 2.24) is 9.80 Å². The van der Waals surface area contributed by atoms with Crippen LogP contribution in [-0.2, 0) is 16.0 Å². The van der Waals surface area contributed by atoms with Gasteiger partial charge in [-0.15, -0.1) is 0 Å². The number of rotatable bonds is 6. The summed E-state index contributed by atoms with van der Waals surface area (Å²) in [5.74, 6) is -1.18. The highest BCUT2D eigenvalue weighted by Gasteiger charge is 2.34. The fraction of sp³-hybridized carbons (Fsp3) is 0.375. The Morgan fingerprint density at radius 1 is 0.968 bits per heavy atom. The summed E-state index contributed by atoms with van der Waals surface area (Å²) in [6.45, 7) is 6.69. The SMILES string of the molecule is CC1CN(Cc2ccc(C(=O)OCCN3C(=O)c4ccccc4C3=O)cc2)CC(C)O1. The number of benzene rings is 2. The molecule has 31 heavy (non-hydrogen) atoms. The van der Waals surface area contributed by atoms with Gasteiger partial charge >= 0.3 is 5.97 Å². The molecule has 7 nitrogen and oxygen atoms in total. The first-order chi connectivity index (χ1) is 14.9. The zero-order valence-electron chi connectivity index (χ0n) is 17.7. The predicted molar refractivity (Wildman–Crippen MR) is 114 cm³/mol. The lowest BCUT2D eigenvalue weighted by molar-refractivity contribution is -0.0704. The van der Waals surface area contributed by atoms with E-state index in [9.17, 15) is 14.4 Å². The van der Waals surface area contributed by atoms with Crippen LogP contribution in [0.25, 0.3) is 0 Å². The molecule has 0 spiro atoms. The lowest BCUT2D eigenvalue weighted by Gasteiger charge is -2.35. The van der Waals surface area contributed by atoms with Gasteiger partial charge in [-0.2, -0.15) is 0 Å². The van der Waals surface area contributed by atoms with Gasteiger partial charge in [-0.1, -0.05) is 24.3 Å². The normalized spacial score (nSPS) is 21.3. The second kappa shape index (κ2) is 8.99. The van der Waals surface area contributed by atoms with Crippen LogP contribution in [0.4, 0.5) is 0 Å². The maximum Gasteiger partial charge on any atom is 0.338 e. The van der Waals surface area contributed by atoms with E-state index in [0.717, 1.165) is 30.1 Å². The topological polar surface area (TPSA) is 76.2 Å². The summed E-state index contributed by atoms with van der Waals surface area (Å²) in [6, 6.07) is 14.0. The van der Waals surface area contributed by atoms with Gasteiger partial charge < -0.3 is 9.47 Å². The maximum atomic E-state index is 12.3. The van der Waals surface area contributed by atoms with Gasteiger partial charge in [0.1, 0.15) is 6.61 Å². The van der Waals surface area contributed by atoms with E-state index in [1.165, 1.54) is 0 Å². The molecule has 4 rings (SSSR count). The first-order valence-electron chi connectivity index (χ1n) is 10.5. The number of amides is 2. The van der Waals surface area contributed by atoms with E-state index < -0.39 is 5.97 Å². The Hall–Kier alpha value is -3.03. The molecule has 2 aliphatic rings. The Kier molecular flexibility index (Phi) is 6.15. The van der Waals surface area contributed by atoms with Crippen LogP contribution in [0.15, 0.2) is 48.5 Å². The Morgan fingerprint density at radius 3 is 2.13 bits per heavy atom. The standard InChI is InChI=1S/C24H26N2O5/c1-16-13-25(14-17(2)31-16)15-18-7-9-19(10-8-18)24(29)30-12-11-26-22(27)20-5-3-4-6-21(20)23(26)28/h3-10,16-17H,11-15H2,1-2H3. The number of ether oxygens (including phenoxy) is 2. The number of hydrogen-bond donors (Lipinski definition) is 0. The number of esters is 1. The second-order valence-electron chi connectivity index (χ2n) is 8.09. The van der Waals surface area contributed by atoms with Gasteiger partial charge in [0.25, 0.3) is 11.8 Å². The zero-order valence-corrected chi connectivity index (χ0v) is 17.7. The van der Waals surface area contributed by atoms with Gasteiger partial charge in [0.15, 0.2) is 0 Å². The summed E-state index contributed by atoms with van der Waals surface area (Å²) >= 11 is 0. The molecule has 0 radical (unpaired) electrons. The summed E-state index contributed by atoms with van der Waals surface area (Å²) in [6.07, 6.45) is 0.417. The molecular formula is C24H26N2O5. The summed E-state index contributed by atoms with van der Waals surface area (Å²) in [4.78, 5) is 40.5. The van der Waals surface area contributed by atoms with E-state index >= 15 is 0 Å². The highest BCUT2D eigenvalue weighted by atomic mass is 16.5. The molecule has 2 aliphatic heterocycles. The first-order valence-corrected chi connectivity index (χ1v) is 10.5. The molecule has 7 heteroatoms. The Balaban J connectivity index is 1.28. The molecule has 2 heterocycles. The highest BCUT2D eigenvalue weighted by molar-refractivity contribution is 6.21. The van der Waals surface area contributed by atoms with E-state index in [0.29, 0.717) is 16.7 Å². The van der Waals surface area contributed by atoms with E-state index in [4.69, 9.17) is 9.47 Å². The molecule has 162 valence electrons. The maximum absolute atomic E-state index is 12.3. The van der Waals surface area contributed by atoms with Crippen molar-refractivity contribution >= 4 is 17.8 Å². The van der Waals surface area contributed by atoms with Gasteiger partial charge in [0, 0.05) is 19.6 Å². The number of fused-ring (bicyclic) bond motifs is 1. The molecular weight excluding hydrogens is 396 g/mol. The molecule has 2 aromatic rings. The van der Waals surface area contributed by atoms with Crippen molar-refractivity contribution < 1.29 is 23.9 Å². The molecule has 0 aromatic heterocycles. The molecule has 0 N–H and O–H groups in total. The quantitative estimate of drug-likeness (QED) is 0.526. The van der Waals surface area contributed by atoms with Crippen molar-refractivity contribution in [1.29, 1.82) is 0 Å². The zero-order chi connectivity index (χ0) is 22.0. The van der Waals surface area contributed by atoms with Gasteiger partial charge in [-0.3, -0.25) is 19.4 Å². The molecule has 0 bridgehead atoms. The predicted octanol–water partition coefficient (Wildman–Crippen LogP) is 2.75. The molecule has 2 unspecified atom stereocenters. The Bertz CT molecular complexity index is 943. The van der Waals surface area contributed by atoms with Crippen molar-refractivity contribution in [3.05, 3.63) is 70.8 Å². The molecule has 0 aliphatic carbocycles. The minimum absolute atomic E-state index is 0.0313. The minimum Gasteiger partial charge on any atom is -0.460 e. The van der Waals surface area contributed by atoms with Crippen LogP contribution in [0, 0.1) is 0 Å². The summed E-state index contributed by atoms with van der Waals surface area (Å²) in [7, 11) is 0. The fourth-order valence-electron chi connectivity index (χ4n) is 4.17. The summed E-state index contributed by atoms with van der Waals surface area (Å²) < 4.78 is 11.1. The van der Waals surface area contributed by atoms with Crippen LogP contribution in [0.1, 0.15) is 50.5 Å². The lowest BCUT2D eigenvalue weighted by atomic mass is 10.1. The average Bonchev–Trinajstić information content (AvgIpc) is 2.98. The molecule has 1 fully saturated rings. The van der Waals surface area contributed by atoms with E-state index in [2.05, 4.69) is 18.7 Å². The van der Waals surface area contributed by atoms with Crippen molar-refractivity contribution in [2.24, 2.45) is 0 Å². The number of carbonyl (C=O) groups is 3. The number of carbonyl (C=O) groups excluding carboxylic acids is 3. The van der Waals surface area contributed by atoms with Crippen LogP contribution in [0.3, 0.4) is 0 Å².